The number of hydrogen-bond donors (Lipinski definition) is 0. The number of Topliss-reactive ketones (excluding diaryl/α,β-unsaturated/α-hetero) is 1. The van der Waals surface area contributed by atoms with Crippen LogP contribution >= 0.6 is 0 Å². The maximum atomic E-state index is 12.9. The van der Waals surface area contributed by atoms with Crippen molar-refractivity contribution in [2.45, 2.75) is 82.2 Å². The Bertz CT molecular complexity index is 527. The van der Waals surface area contributed by atoms with Gasteiger partial charge in [-0.15, -0.1) is 0 Å². The number of carbonyl (C=O) groups excluding carboxylic acids is 1. The molecule has 0 aromatic heterocycles. The molecule has 0 bridgehead atoms. The van der Waals surface area contributed by atoms with E-state index in [-0.39, 0.29) is 0 Å². The third-order valence-corrected chi connectivity index (χ3v) is 6.44. The van der Waals surface area contributed by atoms with Crippen LogP contribution in [0.4, 0.5) is 0 Å². The molecule has 3 saturated carbocycles. The number of hydrogen-bond acceptors (Lipinski definition) is 3. The summed E-state index contributed by atoms with van der Waals surface area (Å²) >= 11 is 0. The molecule has 3 aliphatic carbocycles. The Kier molecular flexibility index (Phi) is 3.48. The van der Waals surface area contributed by atoms with Crippen LogP contribution in [0.25, 0.3) is 0 Å². The van der Waals surface area contributed by atoms with Gasteiger partial charge in [0.1, 0.15) is 0 Å². The Morgan fingerprint density at radius 3 is 1.74 bits per heavy atom. The van der Waals surface area contributed by atoms with Gasteiger partial charge in [-0.05, 0) is 80.8 Å². The fourth-order valence-corrected chi connectivity index (χ4v) is 4.96. The van der Waals surface area contributed by atoms with Crippen LogP contribution in [0.3, 0.4) is 0 Å². The number of ketones is 1. The van der Waals surface area contributed by atoms with Gasteiger partial charge in [-0.1, -0.05) is 12.2 Å². The van der Waals surface area contributed by atoms with Gasteiger partial charge in [-0.25, -0.2) is 0 Å². The molecule has 6 unspecified atom stereocenters. The average molecular weight is 314 g/mol. The lowest BCUT2D eigenvalue weighted by Gasteiger charge is -2.22. The molecule has 0 aromatic carbocycles. The standard InChI is InChI=1S/C20H26O3/c21-20-14(8-12-4-6-16-18(10-12)22-16)2-1-3-15(20)9-13-5-7-17-19(11-13)23-17/h8-9,12-13,16-19H,1-7,10-11H2. The molecular weight excluding hydrogens is 288 g/mol. The maximum Gasteiger partial charge on any atom is 0.184 e. The van der Waals surface area contributed by atoms with Gasteiger partial charge in [0.05, 0.1) is 24.4 Å². The molecule has 0 N–H and O–H groups in total. The monoisotopic (exact) mass is 314 g/mol. The summed E-state index contributed by atoms with van der Waals surface area (Å²) in [5.74, 6) is 1.47. The normalized spacial score (nSPS) is 49.0. The molecule has 2 aliphatic heterocycles. The third-order valence-electron chi connectivity index (χ3n) is 6.44. The van der Waals surface area contributed by atoms with Crippen LogP contribution in [-0.2, 0) is 14.3 Å². The van der Waals surface area contributed by atoms with Crippen molar-refractivity contribution in [3.63, 3.8) is 0 Å². The summed E-state index contributed by atoms with van der Waals surface area (Å²) in [6, 6.07) is 0. The Morgan fingerprint density at radius 2 is 1.26 bits per heavy atom. The fourth-order valence-electron chi connectivity index (χ4n) is 4.96. The van der Waals surface area contributed by atoms with Crippen LogP contribution in [0.1, 0.15) is 57.8 Å². The topological polar surface area (TPSA) is 42.1 Å². The van der Waals surface area contributed by atoms with Crippen molar-refractivity contribution in [3.05, 3.63) is 23.3 Å². The number of allylic oxidation sites excluding steroid dienone is 4. The molecule has 0 aromatic rings. The smallest absolute Gasteiger partial charge is 0.184 e. The molecule has 5 rings (SSSR count). The SMILES string of the molecule is O=C1C(=CC2CCC3OC3C2)CCCC1=CC1CCC2OC2C1. The second kappa shape index (κ2) is 5.56. The molecule has 6 atom stereocenters. The maximum absolute atomic E-state index is 12.9. The Labute approximate surface area is 138 Å². The van der Waals surface area contributed by atoms with Crippen molar-refractivity contribution < 1.29 is 14.3 Å². The van der Waals surface area contributed by atoms with Crippen LogP contribution < -0.4 is 0 Å². The molecule has 3 heteroatoms. The van der Waals surface area contributed by atoms with Gasteiger partial charge in [0, 0.05) is 0 Å². The van der Waals surface area contributed by atoms with Crippen LogP contribution in [-0.4, -0.2) is 30.2 Å². The molecule has 3 nitrogen and oxygen atoms in total. The molecule has 124 valence electrons. The van der Waals surface area contributed by atoms with E-state index < -0.39 is 0 Å². The summed E-state index contributed by atoms with van der Waals surface area (Å²) in [7, 11) is 0. The van der Waals surface area contributed by atoms with Crippen molar-refractivity contribution in [2.24, 2.45) is 11.8 Å². The summed E-state index contributed by atoms with van der Waals surface area (Å²) in [5, 5.41) is 0. The van der Waals surface area contributed by atoms with E-state index in [2.05, 4.69) is 12.2 Å². The summed E-state index contributed by atoms with van der Waals surface area (Å²) in [4.78, 5) is 12.9. The first-order chi connectivity index (χ1) is 11.3. The van der Waals surface area contributed by atoms with E-state index in [0.29, 0.717) is 42.0 Å². The molecule has 5 aliphatic rings. The van der Waals surface area contributed by atoms with Crippen molar-refractivity contribution in [1.82, 2.24) is 0 Å². The first-order valence-electron chi connectivity index (χ1n) is 9.53. The molecule has 0 spiro atoms. The molecule has 23 heavy (non-hydrogen) atoms. The van der Waals surface area contributed by atoms with Gasteiger partial charge in [0.15, 0.2) is 5.78 Å². The van der Waals surface area contributed by atoms with Crippen molar-refractivity contribution >= 4 is 5.78 Å². The highest BCUT2D eigenvalue weighted by Gasteiger charge is 2.44. The molecule has 2 heterocycles. The van der Waals surface area contributed by atoms with Crippen LogP contribution in [0.5, 0.6) is 0 Å². The number of epoxide rings is 2. The molecule has 2 saturated heterocycles. The molecule has 0 radical (unpaired) electrons. The van der Waals surface area contributed by atoms with Gasteiger partial charge in [-0.3, -0.25) is 4.79 Å². The highest BCUT2D eigenvalue weighted by Crippen LogP contribution is 2.42. The highest BCUT2D eigenvalue weighted by molar-refractivity contribution is 6.08. The second-order valence-electron chi connectivity index (χ2n) is 8.14. The van der Waals surface area contributed by atoms with E-state index in [1.54, 1.807) is 0 Å². The minimum atomic E-state index is 0.342. The minimum absolute atomic E-state index is 0.342. The molecule has 5 fully saturated rings. The summed E-state index contributed by atoms with van der Waals surface area (Å²) in [5.41, 5.74) is 2.17. The number of rotatable bonds is 2. The zero-order valence-corrected chi connectivity index (χ0v) is 13.7. The lowest BCUT2D eigenvalue weighted by molar-refractivity contribution is -0.113. The van der Waals surface area contributed by atoms with Gasteiger partial charge >= 0.3 is 0 Å². The van der Waals surface area contributed by atoms with E-state index >= 15 is 0 Å². The Morgan fingerprint density at radius 1 is 0.739 bits per heavy atom. The number of ether oxygens (including phenoxy) is 2. The fraction of sp³-hybridized carbons (Fsp3) is 0.750. The largest absolute Gasteiger partial charge is 0.370 e. The van der Waals surface area contributed by atoms with E-state index in [9.17, 15) is 4.79 Å². The summed E-state index contributed by atoms with van der Waals surface area (Å²) < 4.78 is 11.2. The average Bonchev–Trinajstić information content (AvgIpc) is 3.44. The van der Waals surface area contributed by atoms with Crippen LogP contribution in [0.2, 0.25) is 0 Å². The van der Waals surface area contributed by atoms with Gasteiger partial charge in [0.2, 0.25) is 0 Å². The van der Waals surface area contributed by atoms with Crippen molar-refractivity contribution in [3.8, 4) is 0 Å². The predicted octanol–water partition coefficient (Wildman–Crippen LogP) is 3.73. The minimum Gasteiger partial charge on any atom is -0.370 e. The van der Waals surface area contributed by atoms with Gasteiger partial charge < -0.3 is 9.47 Å². The zero-order chi connectivity index (χ0) is 15.4. The molecular formula is C20H26O3. The van der Waals surface area contributed by atoms with Gasteiger partial charge in [0.25, 0.3) is 0 Å². The van der Waals surface area contributed by atoms with Crippen LogP contribution in [0.15, 0.2) is 23.3 Å². The lowest BCUT2D eigenvalue weighted by atomic mass is 9.80. The van der Waals surface area contributed by atoms with Crippen molar-refractivity contribution in [2.75, 3.05) is 0 Å². The summed E-state index contributed by atoms with van der Waals surface area (Å²) in [6.45, 7) is 0. The zero-order valence-electron chi connectivity index (χ0n) is 13.7. The number of fused-ring (bicyclic) bond motifs is 2. The molecule has 0 amide bonds. The van der Waals surface area contributed by atoms with Crippen molar-refractivity contribution in [1.29, 1.82) is 0 Å². The highest BCUT2D eigenvalue weighted by atomic mass is 16.6. The van der Waals surface area contributed by atoms with E-state index in [1.165, 1.54) is 25.7 Å². The van der Waals surface area contributed by atoms with Crippen LogP contribution in [0, 0.1) is 11.8 Å². The van der Waals surface area contributed by atoms with Gasteiger partial charge in [-0.2, -0.15) is 0 Å². The quantitative estimate of drug-likeness (QED) is 0.576. The Hall–Kier alpha value is -0.930. The van der Waals surface area contributed by atoms with E-state index in [0.717, 1.165) is 43.3 Å². The first kappa shape index (κ1) is 14.4. The summed E-state index contributed by atoms with van der Waals surface area (Å²) in [6.07, 6.45) is 16.8. The number of carbonyl (C=O) groups is 1. The predicted molar refractivity (Wildman–Crippen MR) is 87.0 cm³/mol. The first-order valence-corrected chi connectivity index (χ1v) is 9.53. The lowest BCUT2D eigenvalue weighted by Crippen LogP contribution is -2.18. The Balaban J connectivity index is 1.28. The third kappa shape index (κ3) is 2.94. The second-order valence-corrected chi connectivity index (χ2v) is 8.14. The van der Waals surface area contributed by atoms with E-state index in [1.807, 2.05) is 0 Å². The van der Waals surface area contributed by atoms with E-state index in [4.69, 9.17) is 9.47 Å².